The fourth-order valence-electron chi connectivity index (χ4n) is 3.00. The minimum absolute atomic E-state index is 0.472. The summed E-state index contributed by atoms with van der Waals surface area (Å²) < 4.78 is 0. The van der Waals surface area contributed by atoms with Crippen LogP contribution in [0.25, 0.3) is 0 Å². The van der Waals surface area contributed by atoms with Crippen molar-refractivity contribution in [2.24, 2.45) is 5.41 Å². The molecule has 0 bridgehead atoms. The van der Waals surface area contributed by atoms with E-state index in [1.165, 1.54) is 25.7 Å². The van der Waals surface area contributed by atoms with Gasteiger partial charge in [-0.2, -0.15) is 0 Å². The van der Waals surface area contributed by atoms with Crippen LogP contribution in [0.4, 0.5) is 0 Å². The molecule has 1 rings (SSSR count). The summed E-state index contributed by atoms with van der Waals surface area (Å²) in [6.07, 6.45) is 8.65. The first-order valence-corrected chi connectivity index (χ1v) is 7.60. The van der Waals surface area contributed by atoms with Gasteiger partial charge in [0.05, 0.1) is 5.41 Å². The van der Waals surface area contributed by atoms with E-state index in [9.17, 15) is 9.90 Å². The molecule has 0 radical (unpaired) electrons. The first kappa shape index (κ1) is 15.5. The molecule has 0 spiro atoms. The van der Waals surface area contributed by atoms with Gasteiger partial charge in [-0.25, -0.2) is 0 Å². The molecule has 1 aliphatic carbocycles. The number of carboxylic acid groups (broad SMARTS) is 1. The summed E-state index contributed by atoms with van der Waals surface area (Å²) in [5, 5.41) is 9.66. The van der Waals surface area contributed by atoms with E-state index >= 15 is 0 Å². The Kier molecular flexibility index (Phi) is 6.69. The Morgan fingerprint density at radius 2 is 1.78 bits per heavy atom. The topological polar surface area (TPSA) is 40.5 Å². The third-order valence-electron chi connectivity index (χ3n) is 4.32. The lowest BCUT2D eigenvalue weighted by atomic mass is 9.79. The van der Waals surface area contributed by atoms with E-state index in [-0.39, 0.29) is 0 Å². The monoisotopic (exact) mass is 255 g/mol. The molecule has 1 saturated carbocycles. The van der Waals surface area contributed by atoms with Gasteiger partial charge in [0.15, 0.2) is 0 Å². The highest BCUT2D eigenvalue weighted by Gasteiger charge is 2.39. The average molecular weight is 255 g/mol. The van der Waals surface area contributed by atoms with Gasteiger partial charge in [-0.1, -0.05) is 46.0 Å². The van der Waals surface area contributed by atoms with Crippen molar-refractivity contribution in [1.82, 2.24) is 4.90 Å². The number of carbonyl (C=O) groups is 1. The van der Waals surface area contributed by atoms with E-state index < -0.39 is 11.4 Å². The molecule has 0 aromatic heterocycles. The average Bonchev–Trinajstić information content (AvgIpc) is 2.61. The summed E-state index contributed by atoms with van der Waals surface area (Å²) in [6, 6.07) is 0. The smallest absolute Gasteiger partial charge is 0.310 e. The third-order valence-corrected chi connectivity index (χ3v) is 4.32. The summed E-state index contributed by atoms with van der Waals surface area (Å²) >= 11 is 0. The van der Waals surface area contributed by atoms with Crippen molar-refractivity contribution in [3.05, 3.63) is 0 Å². The zero-order valence-electron chi connectivity index (χ0n) is 12.1. The van der Waals surface area contributed by atoms with Crippen LogP contribution in [-0.2, 0) is 4.79 Å². The normalized spacial score (nSPS) is 19.7. The van der Waals surface area contributed by atoms with Gasteiger partial charge in [0, 0.05) is 6.54 Å². The highest BCUT2D eigenvalue weighted by molar-refractivity contribution is 5.75. The van der Waals surface area contributed by atoms with Crippen LogP contribution in [0.3, 0.4) is 0 Å². The Bertz CT molecular complexity index is 245. The van der Waals surface area contributed by atoms with E-state index in [4.69, 9.17) is 0 Å². The molecule has 0 unspecified atom stereocenters. The molecule has 0 aromatic rings. The van der Waals surface area contributed by atoms with Crippen LogP contribution in [0, 0.1) is 5.41 Å². The van der Waals surface area contributed by atoms with Gasteiger partial charge < -0.3 is 10.0 Å². The predicted molar refractivity (Wildman–Crippen MR) is 74.8 cm³/mol. The largest absolute Gasteiger partial charge is 0.481 e. The summed E-state index contributed by atoms with van der Waals surface area (Å²) in [5.74, 6) is -0.570. The van der Waals surface area contributed by atoms with Crippen molar-refractivity contribution in [3.63, 3.8) is 0 Å². The van der Waals surface area contributed by atoms with E-state index in [1.807, 2.05) is 0 Å². The summed E-state index contributed by atoms with van der Waals surface area (Å²) in [4.78, 5) is 14.1. The first-order valence-electron chi connectivity index (χ1n) is 7.60. The number of carboxylic acids is 1. The van der Waals surface area contributed by atoms with E-state index in [0.29, 0.717) is 0 Å². The van der Waals surface area contributed by atoms with Crippen LogP contribution in [0.5, 0.6) is 0 Å². The van der Waals surface area contributed by atoms with E-state index in [0.717, 1.165) is 45.3 Å². The van der Waals surface area contributed by atoms with Crippen molar-refractivity contribution < 1.29 is 9.90 Å². The van der Waals surface area contributed by atoms with Crippen LogP contribution < -0.4 is 0 Å². The van der Waals surface area contributed by atoms with Crippen LogP contribution in [0.1, 0.15) is 65.2 Å². The van der Waals surface area contributed by atoms with Gasteiger partial charge in [-0.3, -0.25) is 4.79 Å². The highest BCUT2D eigenvalue weighted by Crippen LogP contribution is 2.36. The molecule has 0 atom stereocenters. The van der Waals surface area contributed by atoms with Gasteiger partial charge in [-0.15, -0.1) is 0 Å². The quantitative estimate of drug-likeness (QED) is 0.707. The van der Waals surface area contributed by atoms with Crippen molar-refractivity contribution in [2.75, 3.05) is 19.6 Å². The summed E-state index contributed by atoms with van der Waals surface area (Å²) in [7, 11) is 0. The summed E-state index contributed by atoms with van der Waals surface area (Å²) in [6.45, 7) is 7.09. The zero-order chi connectivity index (χ0) is 13.4. The number of hydrogen-bond acceptors (Lipinski definition) is 2. The fourth-order valence-corrected chi connectivity index (χ4v) is 3.00. The first-order chi connectivity index (χ1) is 8.64. The molecule has 1 fully saturated rings. The maximum atomic E-state index is 11.7. The molecular weight excluding hydrogens is 226 g/mol. The molecule has 0 amide bonds. The van der Waals surface area contributed by atoms with E-state index in [2.05, 4.69) is 18.7 Å². The second kappa shape index (κ2) is 7.78. The third kappa shape index (κ3) is 4.27. The Hall–Kier alpha value is -0.570. The lowest BCUT2D eigenvalue weighted by Gasteiger charge is -2.34. The van der Waals surface area contributed by atoms with Crippen molar-refractivity contribution in [1.29, 1.82) is 0 Å². The number of aliphatic carboxylic acids is 1. The van der Waals surface area contributed by atoms with Crippen LogP contribution >= 0.6 is 0 Å². The number of rotatable bonds is 7. The number of nitrogens with zero attached hydrogens (tertiary/aromatic N) is 1. The summed E-state index contributed by atoms with van der Waals surface area (Å²) in [5.41, 5.74) is -0.472. The Balaban J connectivity index is 2.67. The van der Waals surface area contributed by atoms with Gasteiger partial charge in [-0.05, 0) is 32.4 Å². The molecule has 0 aromatic carbocycles. The molecular formula is C15H29NO2. The highest BCUT2D eigenvalue weighted by atomic mass is 16.4. The SMILES string of the molecule is CCCCN(CC)CC1(C(=O)O)CCCCCC1. The van der Waals surface area contributed by atoms with Gasteiger partial charge in [0.2, 0.25) is 0 Å². The number of unbranched alkanes of at least 4 members (excludes halogenated alkanes) is 1. The van der Waals surface area contributed by atoms with Gasteiger partial charge in [0.25, 0.3) is 0 Å². The maximum absolute atomic E-state index is 11.7. The molecule has 18 heavy (non-hydrogen) atoms. The molecule has 3 nitrogen and oxygen atoms in total. The fraction of sp³-hybridized carbons (Fsp3) is 0.933. The van der Waals surface area contributed by atoms with Gasteiger partial charge >= 0.3 is 5.97 Å². The Labute approximate surface area is 112 Å². The van der Waals surface area contributed by atoms with Gasteiger partial charge in [0.1, 0.15) is 0 Å². The maximum Gasteiger partial charge on any atom is 0.310 e. The lowest BCUT2D eigenvalue weighted by Crippen LogP contribution is -2.43. The molecule has 0 aliphatic heterocycles. The molecule has 0 saturated heterocycles. The predicted octanol–water partition coefficient (Wildman–Crippen LogP) is 3.53. The molecule has 106 valence electrons. The van der Waals surface area contributed by atoms with Crippen LogP contribution in [0.15, 0.2) is 0 Å². The Morgan fingerprint density at radius 1 is 1.17 bits per heavy atom. The molecule has 1 aliphatic rings. The second-order valence-electron chi connectivity index (χ2n) is 5.72. The van der Waals surface area contributed by atoms with Crippen molar-refractivity contribution in [2.45, 2.75) is 65.2 Å². The second-order valence-corrected chi connectivity index (χ2v) is 5.72. The van der Waals surface area contributed by atoms with Crippen molar-refractivity contribution >= 4 is 5.97 Å². The van der Waals surface area contributed by atoms with Crippen LogP contribution in [-0.4, -0.2) is 35.6 Å². The molecule has 0 heterocycles. The number of hydrogen-bond donors (Lipinski definition) is 1. The standard InChI is InChI=1S/C15H29NO2/c1-3-5-12-16(4-2)13-15(14(17)18)10-8-6-7-9-11-15/h3-13H2,1-2H3,(H,17,18). The minimum Gasteiger partial charge on any atom is -0.481 e. The van der Waals surface area contributed by atoms with E-state index in [1.54, 1.807) is 0 Å². The molecule has 1 N–H and O–H groups in total. The lowest BCUT2D eigenvalue weighted by molar-refractivity contribution is -0.151. The zero-order valence-corrected chi connectivity index (χ0v) is 12.1. The minimum atomic E-state index is -0.570. The Morgan fingerprint density at radius 3 is 2.22 bits per heavy atom. The van der Waals surface area contributed by atoms with Crippen molar-refractivity contribution in [3.8, 4) is 0 Å². The molecule has 3 heteroatoms. The van der Waals surface area contributed by atoms with Crippen LogP contribution in [0.2, 0.25) is 0 Å².